The summed E-state index contributed by atoms with van der Waals surface area (Å²) in [5.74, 6) is 0. The Kier molecular flexibility index (Phi) is 5.12. The van der Waals surface area contributed by atoms with Gasteiger partial charge < -0.3 is 9.05 Å². The van der Waals surface area contributed by atoms with Crippen LogP contribution in [0.15, 0.2) is 0 Å². The van der Waals surface area contributed by atoms with Gasteiger partial charge in [0.15, 0.2) is 0 Å². The minimum absolute atomic E-state index is 0.256. The van der Waals surface area contributed by atoms with Crippen molar-refractivity contribution >= 4 is 30.8 Å². The molecule has 0 atom stereocenters. The molecule has 0 fully saturated rings. The van der Waals surface area contributed by atoms with Gasteiger partial charge >= 0.3 is 7.60 Å². The molecule has 0 rings (SSSR count). The molecule has 0 aliphatic rings. The topological polar surface area (TPSA) is 35.5 Å². The summed E-state index contributed by atoms with van der Waals surface area (Å²) < 4.78 is 20.0. The van der Waals surface area contributed by atoms with Gasteiger partial charge in [0, 0.05) is 0 Å². The van der Waals surface area contributed by atoms with Crippen LogP contribution in [0.4, 0.5) is 0 Å². The molecule has 0 spiro atoms. The molecule has 0 aliphatic carbocycles. The van der Waals surface area contributed by atoms with Crippen molar-refractivity contribution in [2.75, 3.05) is 13.2 Å². The van der Waals surface area contributed by atoms with Gasteiger partial charge in [0.25, 0.3) is 0 Å². The number of hydrogen-bond acceptors (Lipinski definition) is 3. The quantitative estimate of drug-likeness (QED) is 0.541. The molecule has 0 radical (unpaired) electrons. The lowest BCUT2D eigenvalue weighted by Crippen LogP contribution is -2.13. The summed E-state index contributed by atoms with van der Waals surface area (Å²) in [6, 6.07) is 0. The third-order valence-corrected chi connectivity index (χ3v) is 4.48. The maximum Gasteiger partial charge on any atom is 0.366 e. The van der Waals surface area contributed by atoms with Gasteiger partial charge in [-0.2, -0.15) is 0 Å². The molecule has 0 saturated heterocycles. The summed E-state index contributed by atoms with van der Waals surface area (Å²) >= 11 is 11.3. The molecule has 74 valence electrons. The zero-order chi connectivity index (χ0) is 9.83. The Balaban J connectivity index is 4.51. The maximum atomic E-state index is 11.7. The van der Waals surface area contributed by atoms with Crippen molar-refractivity contribution in [3.05, 3.63) is 0 Å². The predicted octanol–water partition coefficient (Wildman–Crippen LogP) is 3.40. The Hall–Kier alpha value is 0.730. The van der Waals surface area contributed by atoms with Crippen LogP contribution in [0.25, 0.3) is 0 Å². The number of halogens is 2. The molecular weight excluding hydrogens is 222 g/mol. The Morgan fingerprint density at radius 2 is 1.58 bits per heavy atom. The lowest BCUT2D eigenvalue weighted by atomic mass is 10.9. The van der Waals surface area contributed by atoms with E-state index >= 15 is 0 Å². The van der Waals surface area contributed by atoms with Crippen LogP contribution in [0.5, 0.6) is 0 Å². The molecule has 0 bridgehead atoms. The Labute approximate surface area is 82.9 Å². The number of hydrogen-bond donors (Lipinski definition) is 0. The minimum atomic E-state index is -3.37. The summed E-state index contributed by atoms with van der Waals surface area (Å²) in [5.41, 5.74) is 0. The van der Waals surface area contributed by atoms with Crippen molar-refractivity contribution in [3.8, 4) is 0 Å². The predicted molar refractivity (Wildman–Crippen MR) is 51.0 cm³/mol. The summed E-state index contributed by atoms with van der Waals surface area (Å²) in [6.45, 7) is 5.30. The zero-order valence-corrected chi connectivity index (χ0v) is 9.75. The fourth-order valence-corrected chi connectivity index (χ4v) is 2.40. The van der Waals surface area contributed by atoms with Gasteiger partial charge in [-0.25, -0.2) is 0 Å². The molecule has 0 unspecified atom stereocenters. The third-order valence-electron chi connectivity index (χ3n) is 1.08. The van der Waals surface area contributed by atoms with Gasteiger partial charge in [-0.05, 0) is 20.8 Å². The highest BCUT2D eigenvalue weighted by molar-refractivity contribution is 7.60. The second-order valence-corrected chi connectivity index (χ2v) is 6.81. The van der Waals surface area contributed by atoms with E-state index in [1.807, 2.05) is 0 Å². The maximum absolute atomic E-state index is 11.7. The van der Waals surface area contributed by atoms with Gasteiger partial charge in [0.2, 0.25) is 4.07 Å². The first-order valence-electron chi connectivity index (χ1n) is 3.64. The Morgan fingerprint density at radius 1 is 1.25 bits per heavy atom. The fraction of sp³-hybridized carbons (Fsp3) is 1.00. The van der Waals surface area contributed by atoms with E-state index in [-0.39, 0.29) is 13.2 Å². The molecule has 0 saturated carbocycles. The molecule has 12 heavy (non-hydrogen) atoms. The van der Waals surface area contributed by atoms with E-state index in [4.69, 9.17) is 32.2 Å². The second kappa shape index (κ2) is 4.83. The average molecular weight is 235 g/mol. The Morgan fingerprint density at radius 3 is 1.75 bits per heavy atom. The first-order chi connectivity index (χ1) is 5.37. The van der Waals surface area contributed by atoms with E-state index in [1.54, 1.807) is 13.8 Å². The summed E-state index contributed by atoms with van der Waals surface area (Å²) in [7, 11) is -3.37. The molecule has 0 amide bonds. The standard InChI is InChI=1S/C6H13Cl2O3P/c1-4-10-12(9,11-5-2)6(3,7)8/h4-5H2,1-3H3. The van der Waals surface area contributed by atoms with E-state index < -0.39 is 11.7 Å². The van der Waals surface area contributed by atoms with E-state index in [2.05, 4.69) is 0 Å². The molecule has 0 aromatic rings. The SMILES string of the molecule is CCOP(=O)(OCC)C(C)(Cl)Cl. The minimum Gasteiger partial charge on any atom is -0.307 e. The first-order valence-corrected chi connectivity index (χ1v) is 5.94. The lowest BCUT2D eigenvalue weighted by molar-refractivity contribution is 0.216. The van der Waals surface area contributed by atoms with Crippen LogP contribution in [0.3, 0.4) is 0 Å². The monoisotopic (exact) mass is 234 g/mol. The molecule has 0 N–H and O–H groups in total. The highest BCUT2D eigenvalue weighted by Crippen LogP contribution is 2.64. The summed E-state index contributed by atoms with van der Waals surface area (Å²) in [4.78, 5) is 0. The molecule has 0 aliphatic heterocycles. The van der Waals surface area contributed by atoms with Gasteiger partial charge in [0.05, 0.1) is 13.2 Å². The van der Waals surface area contributed by atoms with E-state index in [9.17, 15) is 4.57 Å². The van der Waals surface area contributed by atoms with Crippen LogP contribution in [-0.4, -0.2) is 17.3 Å². The normalized spacial score (nSPS) is 13.4. The van der Waals surface area contributed by atoms with Crippen LogP contribution in [0.2, 0.25) is 0 Å². The number of alkyl halides is 2. The molecule has 0 aromatic carbocycles. The Bertz CT molecular complexity index is 168. The first kappa shape index (κ1) is 12.7. The van der Waals surface area contributed by atoms with Crippen LogP contribution in [0, 0.1) is 0 Å². The van der Waals surface area contributed by atoms with Crippen molar-refractivity contribution in [2.24, 2.45) is 0 Å². The van der Waals surface area contributed by atoms with Gasteiger partial charge in [-0.3, -0.25) is 4.57 Å². The fourth-order valence-electron chi connectivity index (χ4n) is 0.604. The molecule has 0 aromatic heterocycles. The van der Waals surface area contributed by atoms with Gasteiger partial charge in [0.1, 0.15) is 0 Å². The van der Waals surface area contributed by atoms with Gasteiger partial charge in [-0.15, -0.1) is 0 Å². The van der Waals surface area contributed by atoms with Gasteiger partial charge in [-0.1, -0.05) is 23.2 Å². The highest BCUT2D eigenvalue weighted by Gasteiger charge is 2.44. The van der Waals surface area contributed by atoms with Crippen molar-refractivity contribution in [3.63, 3.8) is 0 Å². The zero-order valence-electron chi connectivity index (χ0n) is 7.34. The lowest BCUT2D eigenvalue weighted by Gasteiger charge is -2.24. The molecule has 3 nitrogen and oxygen atoms in total. The second-order valence-electron chi connectivity index (χ2n) is 2.18. The van der Waals surface area contributed by atoms with Crippen LogP contribution in [0.1, 0.15) is 20.8 Å². The molecule has 0 heterocycles. The largest absolute Gasteiger partial charge is 0.366 e. The van der Waals surface area contributed by atoms with Crippen molar-refractivity contribution in [1.29, 1.82) is 0 Å². The average Bonchev–Trinajstić information content (AvgIpc) is 1.86. The molecule has 6 heteroatoms. The van der Waals surface area contributed by atoms with Crippen LogP contribution >= 0.6 is 30.8 Å². The van der Waals surface area contributed by atoms with Crippen molar-refractivity contribution < 1.29 is 13.6 Å². The van der Waals surface area contributed by atoms with E-state index in [0.29, 0.717) is 0 Å². The van der Waals surface area contributed by atoms with E-state index in [1.165, 1.54) is 6.92 Å². The van der Waals surface area contributed by atoms with Crippen LogP contribution < -0.4 is 0 Å². The number of rotatable bonds is 5. The highest BCUT2D eigenvalue weighted by atomic mass is 35.5. The summed E-state index contributed by atoms with van der Waals surface area (Å²) in [6.07, 6.45) is 0. The van der Waals surface area contributed by atoms with E-state index in [0.717, 1.165) is 0 Å². The van der Waals surface area contributed by atoms with Crippen LogP contribution in [-0.2, 0) is 13.6 Å². The van der Waals surface area contributed by atoms with Crippen molar-refractivity contribution in [1.82, 2.24) is 0 Å². The molecular formula is C6H13Cl2O3P. The van der Waals surface area contributed by atoms with Crippen molar-refractivity contribution in [2.45, 2.75) is 24.8 Å². The third kappa shape index (κ3) is 3.23. The summed E-state index contributed by atoms with van der Waals surface area (Å²) in [5, 5.41) is 0. The smallest absolute Gasteiger partial charge is 0.307 e.